The average Bonchev–Trinajstić information content (AvgIpc) is 2.72. The van der Waals surface area contributed by atoms with E-state index in [1.54, 1.807) is 0 Å². The maximum Gasteiger partial charge on any atom is 0.134 e. The van der Waals surface area contributed by atoms with Gasteiger partial charge in [0.2, 0.25) is 0 Å². The van der Waals surface area contributed by atoms with E-state index in [1.165, 1.54) is 0 Å². The molecule has 2 rings (SSSR count). The Hall–Kier alpha value is -1.24. The van der Waals surface area contributed by atoms with Crippen LogP contribution in [-0.4, -0.2) is 6.04 Å². The molecule has 1 heterocycles. The molecule has 2 nitrogen and oxygen atoms in total. The van der Waals surface area contributed by atoms with Gasteiger partial charge in [0.05, 0.1) is 6.04 Å². The molecule has 0 bridgehead atoms. The molecule has 0 aliphatic carbocycles. The Balaban J connectivity index is 2.18. The Morgan fingerprint density at radius 2 is 2.17 bits per heavy atom. The van der Waals surface area contributed by atoms with Crippen LogP contribution in [0.2, 0.25) is 0 Å². The zero-order valence-corrected chi connectivity index (χ0v) is 12.1. The van der Waals surface area contributed by atoms with Gasteiger partial charge < -0.3 is 9.73 Å². The van der Waals surface area contributed by atoms with Crippen LogP contribution in [0.15, 0.2) is 33.2 Å². The summed E-state index contributed by atoms with van der Waals surface area (Å²) < 4.78 is 6.89. The topological polar surface area (TPSA) is 25.2 Å². The molecular weight excluding hydrogens is 290 g/mol. The zero-order chi connectivity index (χ0) is 13.1. The summed E-state index contributed by atoms with van der Waals surface area (Å²) in [6.45, 7) is 4.16. The maximum absolute atomic E-state index is 5.83. The molecule has 0 fully saturated rings. The van der Waals surface area contributed by atoms with Crippen molar-refractivity contribution in [1.82, 2.24) is 5.32 Å². The van der Waals surface area contributed by atoms with E-state index in [-0.39, 0.29) is 12.1 Å². The zero-order valence-electron chi connectivity index (χ0n) is 10.5. The molecule has 18 heavy (non-hydrogen) atoms. The third-order valence-electron chi connectivity index (χ3n) is 2.88. The van der Waals surface area contributed by atoms with Gasteiger partial charge in [-0.3, -0.25) is 0 Å². The smallest absolute Gasteiger partial charge is 0.134 e. The van der Waals surface area contributed by atoms with E-state index in [9.17, 15) is 0 Å². The highest BCUT2D eigenvalue weighted by Gasteiger charge is 2.13. The molecule has 2 unspecified atom stereocenters. The van der Waals surface area contributed by atoms with Crippen molar-refractivity contribution in [2.24, 2.45) is 0 Å². The van der Waals surface area contributed by atoms with Crippen LogP contribution in [0, 0.1) is 12.3 Å². The highest BCUT2D eigenvalue weighted by atomic mass is 79.9. The first-order valence-corrected chi connectivity index (χ1v) is 6.78. The fourth-order valence-electron chi connectivity index (χ4n) is 1.99. The minimum absolute atomic E-state index is 0.152. The van der Waals surface area contributed by atoms with E-state index >= 15 is 0 Å². The van der Waals surface area contributed by atoms with Crippen molar-refractivity contribution < 1.29 is 4.42 Å². The van der Waals surface area contributed by atoms with Crippen molar-refractivity contribution in [2.75, 3.05) is 0 Å². The number of benzene rings is 1. The minimum atomic E-state index is 0.152. The molecule has 0 saturated heterocycles. The van der Waals surface area contributed by atoms with Crippen molar-refractivity contribution in [1.29, 1.82) is 0 Å². The summed E-state index contributed by atoms with van der Waals surface area (Å²) in [7, 11) is 0. The minimum Gasteiger partial charge on any atom is -0.459 e. The van der Waals surface area contributed by atoms with Crippen molar-refractivity contribution >= 4 is 26.9 Å². The molecule has 2 atom stereocenters. The predicted octanol–water partition coefficient (Wildman–Crippen LogP) is 4.26. The van der Waals surface area contributed by atoms with E-state index in [2.05, 4.69) is 53.1 Å². The van der Waals surface area contributed by atoms with Gasteiger partial charge in [0.25, 0.3) is 0 Å². The van der Waals surface area contributed by atoms with Crippen molar-refractivity contribution in [3.8, 4) is 12.3 Å². The van der Waals surface area contributed by atoms with E-state index in [1.807, 2.05) is 12.1 Å². The molecule has 1 aromatic carbocycles. The summed E-state index contributed by atoms with van der Waals surface area (Å²) >= 11 is 3.46. The summed E-state index contributed by atoms with van der Waals surface area (Å²) in [5, 5.41) is 4.53. The van der Waals surface area contributed by atoms with Gasteiger partial charge >= 0.3 is 0 Å². The van der Waals surface area contributed by atoms with Crippen LogP contribution >= 0.6 is 15.9 Å². The van der Waals surface area contributed by atoms with Gasteiger partial charge in [-0.05, 0) is 38.1 Å². The Bertz CT molecular complexity index is 582. The molecule has 0 aliphatic rings. The first-order valence-electron chi connectivity index (χ1n) is 5.98. The van der Waals surface area contributed by atoms with E-state index < -0.39 is 0 Å². The van der Waals surface area contributed by atoms with E-state index in [0.717, 1.165) is 27.6 Å². The van der Waals surface area contributed by atoms with Gasteiger partial charge in [-0.25, -0.2) is 0 Å². The van der Waals surface area contributed by atoms with Crippen LogP contribution in [0.3, 0.4) is 0 Å². The number of nitrogens with one attached hydrogen (secondary N) is 1. The summed E-state index contributed by atoms with van der Waals surface area (Å²) in [5.74, 6) is 3.60. The molecular formula is C15H16BrNO. The number of furan rings is 1. The molecule has 1 aromatic heterocycles. The molecule has 0 spiro atoms. The summed E-state index contributed by atoms with van der Waals surface area (Å²) in [4.78, 5) is 0. The molecule has 0 amide bonds. The Morgan fingerprint density at radius 3 is 2.89 bits per heavy atom. The average molecular weight is 306 g/mol. The summed E-state index contributed by atoms with van der Waals surface area (Å²) in [6, 6.07) is 8.51. The van der Waals surface area contributed by atoms with Crippen molar-refractivity contribution in [3.63, 3.8) is 0 Å². The van der Waals surface area contributed by atoms with Gasteiger partial charge in [-0.1, -0.05) is 15.9 Å². The Kier molecular flexibility index (Phi) is 4.11. The Labute approximate surface area is 116 Å². The second-order valence-electron chi connectivity index (χ2n) is 4.53. The number of hydrogen-bond acceptors (Lipinski definition) is 2. The molecule has 94 valence electrons. The lowest BCUT2D eigenvalue weighted by Gasteiger charge is -2.16. The first kappa shape index (κ1) is 13.2. The third kappa shape index (κ3) is 2.95. The number of fused-ring (bicyclic) bond motifs is 1. The molecule has 2 aromatic rings. The molecule has 3 heteroatoms. The van der Waals surface area contributed by atoms with Crippen LogP contribution in [0.4, 0.5) is 0 Å². The number of rotatable bonds is 4. The monoisotopic (exact) mass is 305 g/mol. The SMILES string of the molecule is C#CCC(C)NC(C)c1cc2cc(Br)ccc2o1. The molecule has 0 saturated carbocycles. The fourth-order valence-corrected chi connectivity index (χ4v) is 2.37. The molecule has 0 aliphatic heterocycles. The molecule has 0 radical (unpaired) electrons. The highest BCUT2D eigenvalue weighted by Crippen LogP contribution is 2.26. The van der Waals surface area contributed by atoms with Gasteiger partial charge in [0, 0.05) is 22.3 Å². The van der Waals surface area contributed by atoms with Crippen molar-refractivity contribution in [3.05, 3.63) is 34.5 Å². The number of hydrogen-bond donors (Lipinski definition) is 1. The van der Waals surface area contributed by atoms with Gasteiger partial charge in [0.1, 0.15) is 11.3 Å². The summed E-state index contributed by atoms with van der Waals surface area (Å²) in [6.07, 6.45) is 6.02. The van der Waals surface area contributed by atoms with Gasteiger partial charge in [0.15, 0.2) is 0 Å². The van der Waals surface area contributed by atoms with Crippen LogP contribution in [-0.2, 0) is 0 Å². The summed E-state index contributed by atoms with van der Waals surface area (Å²) in [5.41, 5.74) is 0.909. The number of terminal acetylenes is 1. The second-order valence-corrected chi connectivity index (χ2v) is 5.44. The fraction of sp³-hybridized carbons (Fsp3) is 0.333. The van der Waals surface area contributed by atoms with Crippen LogP contribution in [0.1, 0.15) is 32.1 Å². The Morgan fingerprint density at radius 1 is 1.39 bits per heavy atom. The van der Waals surface area contributed by atoms with E-state index in [4.69, 9.17) is 10.8 Å². The van der Waals surface area contributed by atoms with Gasteiger partial charge in [-0.15, -0.1) is 12.3 Å². The quantitative estimate of drug-likeness (QED) is 0.854. The van der Waals surface area contributed by atoms with Crippen molar-refractivity contribution in [2.45, 2.75) is 32.4 Å². The third-order valence-corrected chi connectivity index (χ3v) is 3.38. The predicted molar refractivity (Wildman–Crippen MR) is 78.4 cm³/mol. The van der Waals surface area contributed by atoms with Crippen LogP contribution in [0.25, 0.3) is 11.0 Å². The lowest BCUT2D eigenvalue weighted by atomic mass is 10.1. The second kappa shape index (κ2) is 5.60. The maximum atomic E-state index is 5.83. The lowest BCUT2D eigenvalue weighted by molar-refractivity contribution is 0.414. The largest absolute Gasteiger partial charge is 0.459 e. The van der Waals surface area contributed by atoms with Gasteiger partial charge in [-0.2, -0.15) is 0 Å². The number of halogens is 1. The first-order chi connectivity index (χ1) is 8.60. The normalized spacial score (nSPS) is 14.3. The molecule has 1 N–H and O–H groups in total. The van der Waals surface area contributed by atoms with E-state index in [0.29, 0.717) is 0 Å². The van der Waals surface area contributed by atoms with Crippen LogP contribution in [0.5, 0.6) is 0 Å². The van der Waals surface area contributed by atoms with Crippen LogP contribution < -0.4 is 5.32 Å². The lowest BCUT2D eigenvalue weighted by Crippen LogP contribution is -2.28. The highest BCUT2D eigenvalue weighted by molar-refractivity contribution is 9.10. The standard InChI is InChI=1S/C15H16BrNO/c1-4-5-10(2)17-11(3)15-9-12-8-13(16)6-7-14(12)18-15/h1,6-11,17H,5H2,2-3H3.